The van der Waals surface area contributed by atoms with Gasteiger partial charge in [-0.25, -0.2) is 0 Å². The number of hydrogen-bond donors (Lipinski definition) is 0. The Hall–Kier alpha value is -1.28. The Balaban J connectivity index is 1.47. The number of unbranched alkanes of at least 4 members (excludes halogenated alkanes) is 6. The van der Waals surface area contributed by atoms with Gasteiger partial charge in [0, 0.05) is 0 Å². The molecule has 1 fully saturated rings. The van der Waals surface area contributed by atoms with Crippen LogP contribution in [0.4, 0.5) is 0 Å². The second-order valence-corrected chi connectivity index (χ2v) is 6.48. The molecule has 1 aliphatic rings. The molecule has 1 aromatic rings. The average molecular weight is 316 g/mol. The van der Waals surface area contributed by atoms with Crippen LogP contribution >= 0.6 is 0 Å². The van der Waals surface area contributed by atoms with Gasteiger partial charge in [-0.2, -0.15) is 0 Å². The molecule has 1 aromatic carbocycles. The van der Waals surface area contributed by atoms with Gasteiger partial charge in [-0.05, 0) is 56.2 Å². The summed E-state index contributed by atoms with van der Waals surface area (Å²) in [5, 5.41) is 0. The molecular weight excluding hydrogens is 284 g/mol. The summed E-state index contributed by atoms with van der Waals surface area (Å²) in [6, 6.07) is 8.53. The normalized spacial score (nSPS) is 16.8. The molecule has 0 spiro atoms. The number of aryl methyl sites for hydroxylation is 1. The van der Waals surface area contributed by atoms with Crippen LogP contribution in [0, 0.1) is 0 Å². The third-order valence-electron chi connectivity index (χ3n) is 4.24. The minimum atomic E-state index is 0.328. The van der Waals surface area contributed by atoms with E-state index in [-0.39, 0.29) is 0 Å². The van der Waals surface area contributed by atoms with Gasteiger partial charge in [-0.1, -0.05) is 50.5 Å². The summed E-state index contributed by atoms with van der Waals surface area (Å²) in [4.78, 5) is 0. The summed E-state index contributed by atoms with van der Waals surface area (Å²) in [7, 11) is 0. The second-order valence-electron chi connectivity index (χ2n) is 6.48. The van der Waals surface area contributed by atoms with E-state index in [2.05, 4.69) is 43.3 Å². The van der Waals surface area contributed by atoms with Crippen LogP contribution in [-0.4, -0.2) is 19.3 Å². The van der Waals surface area contributed by atoms with E-state index in [4.69, 9.17) is 9.47 Å². The van der Waals surface area contributed by atoms with Crippen molar-refractivity contribution in [3.05, 3.63) is 42.0 Å². The van der Waals surface area contributed by atoms with Gasteiger partial charge < -0.3 is 9.47 Å². The highest BCUT2D eigenvalue weighted by Gasteiger charge is 2.22. The van der Waals surface area contributed by atoms with E-state index in [1.807, 2.05) is 0 Å². The fourth-order valence-corrected chi connectivity index (χ4v) is 2.62. The van der Waals surface area contributed by atoms with Gasteiger partial charge in [0.2, 0.25) is 0 Å². The molecule has 23 heavy (non-hydrogen) atoms. The van der Waals surface area contributed by atoms with E-state index in [9.17, 15) is 0 Å². The van der Waals surface area contributed by atoms with Crippen LogP contribution in [0.3, 0.4) is 0 Å². The van der Waals surface area contributed by atoms with Gasteiger partial charge >= 0.3 is 0 Å². The monoisotopic (exact) mass is 316 g/mol. The van der Waals surface area contributed by atoms with Crippen molar-refractivity contribution in [3.8, 4) is 5.75 Å². The first-order valence-electron chi connectivity index (χ1n) is 9.37. The molecule has 2 rings (SSSR count). The molecule has 2 heteroatoms. The Labute approximate surface area is 141 Å². The highest BCUT2D eigenvalue weighted by atomic mass is 16.6. The van der Waals surface area contributed by atoms with Gasteiger partial charge in [0.1, 0.15) is 18.5 Å². The first kappa shape index (κ1) is 18.1. The van der Waals surface area contributed by atoms with Crippen LogP contribution in [-0.2, 0) is 11.2 Å². The molecule has 0 aromatic heterocycles. The minimum absolute atomic E-state index is 0.328. The minimum Gasteiger partial charge on any atom is -0.491 e. The van der Waals surface area contributed by atoms with Crippen molar-refractivity contribution in [2.45, 2.75) is 70.8 Å². The molecule has 0 amide bonds. The summed E-state index contributed by atoms with van der Waals surface area (Å²) in [5.41, 5.74) is 1.41. The van der Waals surface area contributed by atoms with Crippen molar-refractivity contribution >= 4 is 0 Å². The number of hydrogen-bond acceptors (Lipinski definition) is 2. The zero-order chi connectivity index (χ0) is 16.2. The first-order valence-corrected chi connectivity index (χ1v) is 9.37. The lowest BCUT2D eigenvalue weighted by Crippen LogP contribution is -2.03. The lowest BCUT2D eigenvalue weighted by Gasteiger charge is -2.05. The Morgan fingerprint density at radius 3 is 2.35 bits per heavy atom. The topological polar surface area (TPSA) is 21.8 Å². The van der Waals surface area contributed by atoms with Crippen LogP contribution < -0.4 is 4.74 Å². The Bertz CT molecular complexity index is 432. The van der Waals surface area contributed by atoms with Crippen LogP contribution in [0.2, 0.25) is 0 Å². The number of ether oxygens (including phenoxy) is 2. The van der Waals surface area contributed by atoms with Crippen LogP contribution in [0.15, 0.2) is 36.4 Å². The zero-order valence-corrected chi connectivity index (χ0v) is 14.6. The SMILES string of the molecule is CCCCCC/C=C/CCCCc1ccc(OCC2CO2)cc1. The Kier molecular flexibility index (Phi) is 8.86. The highest BCUT2D eigenvalue weighted by Crippen LogP contribution is 2.17. The third kappa shape index (κ3) is 8.80. The van der Waals surface area contributed by atoms with Crippen molar-refractivity contribution in [3.63, 3.8) is 0 Å². The smallest absolute Gasteiger partial charge is 0.119 e. The molecule has 1 saturated heterocycles. The molecule has 1 aliphatic heterocycles. The van der Waals surface area contributed by atoms with Gasteiger partial charge in [-0.15, -0.1) is 0 Å². The summed E-state index contributed by atoms with van der Waals surface area (Å²) >= 11 is 0. The van der Waals surface area contributed by atoms with Crippen LogP contribution in [0.25, 0.3) is 0 Å². The van der Waals surface area contributed by atoms with Crippen LogP contribution in [0.1, 0.15) is 63.9 Å². The van der Waals surface area contributed by atoms with Crippen molar-refractivity contribution in [1.29, 1.82) is 0 Å². The molecule has 0 aliphatic carbocycles. The van der Waals surface area contributed by atoms with Crippen molar-refractivity contribution < 1.29 is 9.47 Å². The molecule has 1 heterocycles. The summed E-state index contributed by atoms with van der Waals surface area (Å²) < 4.78 is 10.8. The Morgan fingerprint density at radius 1 is 1.00 bits per heavy atom. The Morgan fingerprint density at radius 2 is 1.70 bits per heavy atom. The number of epoxide rings is 1. The fraction of sp³-hybridized carbons (Fsp3) is 0.619. The molecule has 0 bridgehead atoms. The summed E-state index contributed by atoms with van der Waals surface area (Å²) in [6.07, 6.45) is 16.7. The average Bonchev–Trinajstić information content (AvgIpc) is 3.40. The standard InChI is InChI=1S/C21H32O2/c1-2-3-4-5-6-7-8-9-10-11-12-19-13-15-20(16-14-19)22-17-21-18-23-21/h7-8,13-16,21H,2-6,9-12,17-18H2,1H3/b8-7+. The van der Waals surface area contributed by atoms with E-state index in [1.165, 1.54) is 56.9 Å². The second kappa shape index (κ2) is 11.3. The van der Waals surface area contributed by atoms with E-state index < -0.39 is 0 Å². The molecule has 0 saturated carbocycles. The third-order valence-corrected chi connectivity index (χ3v) is 4.24. The zero-order valence-electron chi connectivity index (χ0n) is 14.6. The fourth-order valence-electron chi connectivity index (χ4n) is 2.62. The van der Waals surface area contributed by atoms with E-state index in [1.54, 1.807) is 0 Å². The molecule has 128 valence electrons. The quantitative estimate of drug-likeness (QED) is 0.264. The van der Waals surface area contributed by atoms with Gasteiger partial charge in [0.05, 0.1) is 6.61 Å². The number of allylic oxidation sites excluding steroid dienone is 2. The predicted octanol–water partition coefficient (Wildman–Crippen LogP) is 5.70. The lowest BCUT2D eigenvalue weighted by atomic mass is 10.1. The molecule has 0 N–H and O–H groups in total. The van der Waals surface area contributed by atoms with Crippen molar-refractivity contribution in [1.82, 2.24) is 0 Å². The predicted molar refractivity (Wildman–Crippen MR) is 97.1 cm³/mol. The molecule has 0 radical (unpaired) electrons. The summed E-state index contributed by atoms with van der Waals surface area (Å²) in [5.74, 6) is 0.954. The van der Waals surface area contributed by atoms with Gasteiger partial charge in [0.25, 0.3) is 0 Å². The molecule has 1 atom stereocenters. The number of benzene rings is 1. The molecule has 1 unspecified atom stereocenters. The number of rotatable bonds is 13. The van der Waals surface area contributed by atoms with E-state index in [0.29, 0.717) is 12.7 Å². The maximum absolute atomic E-state index is 5.66. The first-order chi connectivity index (χ1) is 11.4. The highest BCUT2D eigenvalue weighted by molar-refractivity contribution is 5.27. The maximum atomic E-state index is 5.66. The van der Waals surface area contributed by atoms with E-state index in [0.717, 1.165) is 18.8 Å². The molecular formula is C21H32O2. The lowest BCUT2D eigenvalue weighted by molar-refractivity contribution is 0.263. The van der Waals surface area contributed by atoms with E-state index >= 15 is 0 Å². The summed E-state index contributed by atoms with van der Waals surface area (Å²) in [6.45, 7) is 3.80. The molecule has 2 nitrogen and oxygen atoms in total. The van der Waals surface area contributed by atoms with Crippen molar-refractivity contribution in [2.24, 2.45) is 0 Å². The largest absolute Gasteiger partial charge is 0.491 e. The van der Waals surface area contributed by atoms with Gasteiger partial charge in [-0.3, -0.25) is 0 Å². The van der Waals surface area contributed by atoms with Gasteiger partial charge in [0.15, 0.2) is 0 Å². The van der Waals surface area contributed by atoms with Crippen LogP contribution in [0.5, 0.6) is 5.75 Å². The van der Waals surface area contributed by atoms with Crippen molar-refractivity contribution in [2.75, 3.05) is 13.2 Å². The maximum Gasteiger partial charge on any atom is 0.119 e.